The summed E-state index contributed by atoms with van der Waals surface area (Å²) in [5, 5.41) is 0. The highest BCUT2D eigenvalue weighted by molar-refractivity contribution is 5.91. The van der Waals surface area contributed by atoms with Gasteiger partial charge in [0.25, 0.3) is 0 Å². The van der Waals surface area contributed by atoms with E-state index < -0.39 is 0 Å². The van der Waals surface area contributed by atoms with Crippen molar-refractivity contribution < 1.29 is 9.53 Å². The molecule has 0 aromatic heterocycles. The highest BCUT2D eigenvalue weighted by atomic mass is 16.5. The number of rotatable bonds is 1. The summed E-state index contributed by atoms with van der Waals surface area (Å²) in [5.41, 5.74) is 2.92. The third kappa shape index (κ3) is 2.43. The molecule has 1 aliphatic heterocycles. The topological polar surface area (TPSA) is 26.3 Å². The number of hydrogen-bond acceptors (Lipinski definition) is 2. The van der Waals surface area contributed by atoms with Crippen LogP contribution in [0.25, 0.3) is 0 Å². The quantitative estimate of drug-likeness (QED) is 0.721. The molecule has 94 valence electrons. The zero-order chi connectivity index (χ0) is 13.1. The second kappa shape index (κ2) is 5.11. The molecule has 0 saturated heterocycles. The number of hydrogen-bond donors (Lipinski definition) is 0. The first-order valence-electron chi connectivity index (χ1n) is 6.35. The number of benzene rings is 2. The predicted molar refractivity (Wildman–Crippen MR) is 73.9 cm³/mol. The molecule has 2 heteroatoms. The molecule has 19 heavy (non-hydrogen) atoms. The number of esters is 1. The van der Waals surface area contributed by atoms with Crippen molar-refractivity contribution in [3.8, 4) is 0 Å². The number of ether oxygens (including phenoxy) is 1. The molecule has 2 aromatic carbocycles. The van der Waals surface area contributed by atoms with Gasteiger partial charge in [-0.15, -0.1) is 0 Å². The molecule has 1 aliphatic rings. The maximum Gasteiger partial charge on any atom is 0.343 e. The van der Waals surface area contributed by atoms with E-state index in [2.05, 4.69) is 12.1 Å². The van der Waals surface area contributed by atoms with Gasteiger partial charge in [-0.3, -0.25) is 0 Å². The Kier molecular flexibility index (Phi) is 3.15. The number of carbonyl (C=O) groups is 1. The lowest BCUT2D eigenvalue weighted by Gasteiger charge is -2.17. The lowest BCUT2D eigenvalue weighted by molar-refractivity contribution is 0.0658. The fraction of sp³-hybridized carbons (Fsp3) is 0.118. The molecule has 0 amide bonds. The highest BCUT2D eigenvalue weighted by Crippen LogP contribution is 2.26. The van der Waals surface area contributed by atoms with Crippen molar-refractivity contribution in [1.82, 2.24) is 0 Å². The van der Waals surface area contributed by atoms with Crippen LogP contribution in [0.1, 0.15) is 27.4 Å². The Morgan fingerprint density at radius 1 is 0.947 bits per heavy atom. The van der Waals surface area contributed by atoms with Gasteiger partial charge in [-0.2, -0.15) is 0 Å². The Morgan fingerprint density at radius 3 is 2.53 bits per heavy atom. The summed E-state index contributed by atoms with van der Waals surface area (Å²) in [4.78, 5) is 11.8. The third-order valence-electron chi connectivity index (χ3n) is 3.39. The van der Waals surface area contributed by atoms with Gasteiger partial charge in [-0.1, -0.05) is 48.5 Å². The Morgan fingerprint density at radius 2 is 1.68 bits per heavy atom. The summed E-state index contributed by atoms with van der Waals surface area (Å²) in [7, 11) is 0. The SMILES string of the molecule is O=C1O/C=C\C(c2ccccc2)Cc2ccccc21. The largest absolute Gasteiger partial charge is 0.431 e. The van der Waals surface area contributed by atoms with Crippen LogP contribution in [0.4, 0.5) is 0 Å². The normalized spacial score (nSPS) is 19.8. The Labute approximate surface area is 112 Å². The first-order valence-corrected chi connectivity index (χ1v) is 6.35. The Hall–Kier alpha value is -2.35. The molecule has 0 radical (unpaired) electrons. The van der Waals surface area contributed by atoms with E-state index in [1.807, 2.05) is 48.5 Å². The number of fused-ring (bicyclic) bond motifs is 1. The van der Waals surface area contributed by atoms with Crippen molar-refractivity contribution in [2.24, 2.45) is 0 Å². The molecule has 0 fully saturated rings. The average molecular weight is 250 g/mol. The molecule has 1 atom stereocenters. The Bertz CT molecular complexity index is 614. The zero-order valence-electron chi connectivity index (χ0n) is 10.5. The minimum atomic E-state index is -0.279. The van der Waals surface area contributed by atoms with E-state index >= 15 is 0 Å². The fourth-order valence-electron chi connectivity index (χ4n) is 2.39. The van der Waals surface area contributed by atoms with E-state index in [9.17, 15) is 4.79 Å². The molecule has 0 bridgehead atoms. The molecule has 0 saturated carbocycles. The van der Waals surface area contributed by atoms with Crippen LogP contribution in [-0.4, -0.2) is 5.97 Å². The monoisotopic (exact) mass is 250 g/mol. The minimum Gasteiger partial charge on any atom is -0.431 e. The van der Waals surface area contributed by atoms with Crippen LogP contribution in [0.15, 0.2) is 66.9 Å². The first kappa shape index (κ1) is 11.7. The van der Waals surface area contributed by atoms with Crippen LogP contribution >= 0.6 is 0 Å². The van der Waals surface area contributed by atoms with Crippen molar-refractivity contribution in [3.63, 3.8) is 0 Å². The van der Waals surface area contributed by atoms with Gasteiger partial charge >= 0.3 is 5.97 Å². The van der Waals surface area contributed by atoms with Gasteiger partial charge in [-0.25, -0.2) is 4.79 Å². The standard InChI is InChI=1S/C17H14O2/c18-17-16-9-5-4-8-15(16)12-14(10-11-19-17)13-6-2-1-3-7-13/h1-11,14H,12H2/b11-10-. The maximum absolute atomic E-state index is 11.8. The number of cyclic esters (lactones) is 1. The van der Waals surface area contributed by atoms with E-state index in [0.29, 0.717) is 5.56 Å². The lowest BCUT2D eigenvalue weighted by atomic mass is 9.89. The van der Waals surface area contributed by atoms with Crippen molar-refractivity contribution in [2.75, 3.05) is 0 Å². The van der Waals surface area contributed by atoms with E-state index in [0.717, 1.165) is 12.0 Å². The van der Waals surface area contributed by atoms with Gasteiger partial charge in [0.1, 0.15) is 0 Å². The van der Waals surface area contributed by atoms with Crippen LogP contribution in [0, 0.1) is 0 Å². The van der Waals surface area contributed by atoms with E-state index in [4.69, 9.17) is 4.74 Å². The molecule has 3 rings (SSSR count). The van der Waals surface area contributed by atoms with Crippen LogP contribution in [0.2, 0.25) is 0 Å². The highest BCUT2D eigenvalue weighted by Gasteiger charge is 2.18. The van der Waals surface area contributed by atoms with Crippen molar-refractivity contribution in [2.45, 2.75) is 12.3 Å². The van der Waals surface area contributed by atoms with E-state index in [1.165, 1.54) is 11.8 Å². The summed E-state index contributed by atoms with van der Waals surface area (Å²) < 4.78 is 5.14. The fourth-order valence-corrected chi connectivity index (χ4v) is 2.39. The lowest BCUT2D eigenvalue weighted by Crippen LogP contribution is -2.11. The van der Waals surface area contributed by atoms with Gasteiger partial charge in [0.15, 0.2) is 0 Å². The van der Waals surface area contributed by atoms with Crippen LogP contribution < -0.4 is 0 Å². The smallest absolute Gasteiger partial charge is 0.343 e. The van der Waals surface area contributed by atoms with Crippen LogP contribution in [0.3, 0.4) is 0 Å². The number of allylic oxidation sites excluding steroid dienone is 1. The van der Waals surface area contributed by atoms with Crippen molar-refractivity contribution in [1.29, 1.82) is 0 Å². The second-order valence-electron chi connectivity index (χ2n) is 4.61. The molecule has 0 spiro atoms. The van der Waals surface area contributed by atoms with Crippen molar-refractivity contribution >= 4 is 5.97 Å². The molecular weight excluding hydrogens is 236 g/mol. The third-order valence-corrected chi connectivity index (χ3v) is 3.39. The number of carbonyl (C=O) groups excluding carboxylic acids is 1. The van der Waals surface area contributed by atoms with Gasteiger partial charge in [-0.05, 0) is 29.7 Å². The van der Waals surface area contributed by atoms with Gasteiger partial charge < -0.3 is 4.74 Å². The van der Waals surface area contributed by atoms with E-state index in [1.54, 1.807) is 0 Å². The van der Waals surface area contributed by atoms with Gasteiger partial charge in [0.05, 0.1) is 11.8 Å². The molecular formula is C17H14O2. The second-order valence-corrected chi connectivity index (χ2v) is 4.61. The van der Waals surface area contributed by atoms with Gasteiger partial charge in [0.2, 0.25) is 0 Å². The molecule has 2 aromatic rings. The zero-order valence-corrected chi connectivity index (χ0v) is 10.5. The minimum absolute atomic E-state index is 0.232. The molecule has 0 N–H and O–H groups in total. The van der Waals surface area contributed by atoms with Crippen molar-refractivity contribution in [3.05, 3.63) is 83.6 Å². The summed E-state index contributed by atoms with van der Waals surface area (Å²) in [6, 6.07) is 17.9. The first-order chi connectivity index (χ1) is 9.34. The molecule has 2 nitrogen and oxygen atoms in total. The summed E-state index contributed by atoms with van der Waals surface area (Å²) >= 11 is 0. The maximum atomic E-state index is 11.8. The summed E-state index contributed by atoms with van der Waals surface area (Å²) in [6.07, 6.45) is 4.27. The molecule has 1 unspecified atom stereocenters. The van der Waals surface area contributed by atoms with Gasteiger partial charge in [0, 0.05) is 5.92 Å². The van der Waals surface area contributed by atoms with Crippen LogP contribution in [0.5, 0.6) is 0 Å². The molecule has 0 aliphatic carbocycles. The average Bonchev–Trinajstić information content (AvgIpc) is 2.45. The summed E-state index contributed by atoms with van der Waals surface area (Å²) in [5.74, 6) is -0.0474. The van der Waals surface area contributed by atoms with Crippen LogP contribution in [-0.2, 0) is 11.2 Å². The Balaban J connectivity index is 2.00. The molecule has 1 heterocycles. The van der Waals surface area contributed by atoms with E-state index in [-0.39, 0.29) is 11.9 Å². The summed E-state index contributed by atoms with van der Waals surface area (Å²) in [6.45, 7) is 0. The predicted octanol–water partition coefficient (Wildman–Crippen LogP) is 3.70.